The topological polar surface area (TPSA) is 110 Å². The Balaban J connectivity index is 2.25. The largest absolute Gasteiger partial charge is 0.433 e. The lowest BCUT2D eigenvalue weighted by molar-refractivity contribution is -0.141. The number of nitrogens with two attached hydrogens (primary N) is 1. The minimum absolute atomic E-state index is 0.0366. The van der Waals surface area contributed by atoms with Gasteiger partial charge in [-0.05, 0) is 19.1 Å². The predicted molar refractivity (Wildman–Crippen MR) is 92.8 cm³/mol. The lowest BCUT2D eigenvalue weighted by Gasteiger charge is -2.32. The molecule has 11 heteroatoms. The van der Waals surface area contributed by atoms with Gasteiger partial charge in [-0.2, -0.15) is 23.8 Å². The Hall–Kier alpha value is -2.37. The number of imidazole rings is 1. The second-order valence-electron chi connectivity index (χ2n) is 5.62. The van der Waals surface area contributed by atoms with Gasteiger partial charge in [0.2, 0.25) is 0 Å². The van der Waals surface area contributed by atoms with Crippen LogP contribution in [0.15, 0.2) is 29.4 Å². The number of halogens is 3. The molecule has 3 rings (SSSR count). The van der Waals surface area contributed by atoms with Crippen molar-refractivity contribution in [1.29, 1.82) is 0 Å². The maximum absolute atomic E-state index is 12.9. The van der Waals surface area contributed by atoms with Crippen LogP contribution in [0.4, 0.5) is 18.9 Å². The van der Waals surface area contributed by atoms with Gasteiger partial charge in [-0.25, -0.2) is 15.0 Å². The van der Waals surface area contributed by atoms with Crippen LogP contribution in [-0.4, -0.2) is 34.4 Å². The van der Waals surface area contributed by atoms with E-state index in [-0.39, 0.29) is 33.4 Å². The molecule has 0 unspecified atom stereocenters. The van der Waals surface area contributed by atoms with Crippen molar-refractivity contribution in [2.24, 2.45) is 7.05 Å². The fourth-order valence-corrected chi connectivity index (χ4v) is 3.58. The Bertz CT molecular complexity index is 987. The summed E-state index contributed by atoms with van der Waals surface area (Å²) in [6.45, 7) is 1.59. The fourth-order valence-electron chi connectivity index (χ4n) is 2.49. The van der Waals surface area contributed by atoms with Crippen LogP contribution in [0.5, 0.6) is 0 Å². The molecule has 0 radical (unpaired) electrons. The molecule has 0 atom stereocenters. The van der Waals surface area contributed by atoms with Gasteiger partial charge in [0.05, 0.1) is 34.0 Å². The first-order chi connectivity index (χ1) is 12.0. The first-order valence-corrected chi connectivity index (χ1v) is 9.17. The van der Waals surface area contributed by atoms with Gasteiger partial charge in [-0.1, -0.05) is 0 Å². The zero-order valence-corrected chi connectivity index (χ0v) is 14.6. The van der Waals surface area contributed by atoms with Gasteiger partial charge >= 0.3 is 6.18 Å². The van der Waals surface area contributed by atoms with Crippen molar-refractivity contribution in [2.45, 2.75) is 18.0 Å². The van der Waals surface area contributed by atoms with E-state index in [4.69, 9.17) is 5.73 Å². The van der Waals surface area contributed by atoms with Crippen LogP contribution in [-0.2, 0) is 13.2 Å². The van der Waals surface area contributed by atoms with Crippen LogP contribution in [0, 0.1) is 0 Å². The molecule has 26 heavy (non-hydrogen) atoms. The quantitative estimate of drug-likeness (QED) is 0.631. The molecule has 0 bridgehead atoms. The van der Waals surface area contributed by atoms with E-state index in [0.717, 1.165) is 12.3 Å². The minimum atomic E-state index is -4.59. The molecular weight excluding hydrogens is 371 g/mol. The van der Waals surface area contributed by atoms with Crippen LogP contribution in [0.2, 0.25) is 0 Å². The summed E-state index contributed by atoms with van der Waals surface area (Å²) in [5.74, 6) is 0.221. The van der Waals surface area contributed by atoms with E-state index in [1.165, 1.54) is 16.8 Å². The zero-order chi connectivity index (χ0) is 19.3. The Labute approximate surface area is 148 Å². The molecule has 0 saturated carbocycles. The molecule has 0 fully saturated rings. The van der Waals surface area contributed by atoms with Gasteiger partial charge in [0.15, 0.2) is 5.82 Å². The molecule has 0 aromatic carbocycles. The Morgan fingerprint density at radius 1 is 1.19 bits per heavy atom. The molecule has 7 nitrogen and oxygen atoms in total. The predicted octanol–water partition coefficient (Wildman–Crippen LogP) is 3.76. The van der Waals surface area contributed by atoms with Crippen molar-refractivity contribution in [1.82, 2.24) is 19.5 Å². The van der Waals surface area contributed by atoms with Gasteiger partial charge in [0.25, 0.3) is 0 Å². The summed E-state index contributed by atoms with van der Waals surface area (Å²) in [5.41, 5.74) is 5.45. The number of hydrogen-bond acceptors (Lipinski definition) is 6. The van der Waals surface area contributed by atoms with E-state index >= 15 is 0 Å². The van der Waals surface area contributed by atoms with Crippen LogP contribution >= 0.6 is 10.6 Å². The molecule has 0 spiro atoms. The number of aromatic nitrogens is 4. The maximum atomic E-state index is 12.9. The Morgan fingerprint density at radius 2 is 1.88 bits per heavy atom. The van der Waals surface area contributed by atoms with Crippen LogP contribution in [0.25, 0.3) is 22.6 Å². The summed E-state index contributed by atoms with van der Waals surface area (Å²) >= 11 is 0. The van der Waals surface area contributed by atoms with Gasteiger partial charge in [-0.15, -0.1) is 0 Å². The van der Waals surface area contributed by atoms with E-state index in [0.29, 0.717) is 5.52 Å². The number of nitrogen functional groups attached to an aromatic ring is 1. The molecule has 3 aromatic heterocycles. The van der Waals surface area contributed by atoms with Crippen molar-refractivity contribution in [3.05, 3.63) is 30.2 Å². The second kappa shape index (κ2) is 6.11. The third kappa shape index (κ3) is 3.08. The number of anilines is 1. The van der Waals surface area contributed by atoms with E-state index in [1.807, 2.05) is 0 Å². The van der Waals surface area contributed by atoms with E-state index in [2.05, 4.69) is 15.0 Å². The summed E-state index contributed by atoms with van der Waals surface area (Å²) in [6, 6.07) is 2.23. The number of nitrogens with zero attached hydrogens (tertiary/aromatic N) is 4. The molecule has 140 valence electrons. The summed E-state index contributed by atoms with van der Waals surface area (Å²) in [5, 5.41) is 0. The van der Waals surface area contributed by atoms with Crippen LogP contribution in [0.3, 0.4) is 0 Å². The van der Waals surface area contributed by atoms with Crippen molar-refractivity contribution in [3.8, 4) is 11.5 Å². The summed E-state index contributed by atoms with van der Waals surface area (Å²) in [6.07, 6.45) is -2.19. The minimum Gasteiger partial charge on any atom is -0.397 e. The normalized spacial score (nSPS) is 13.3. The highest BCUT2D eigenvalue weighted by Gasteiger charge is 2.33. The summed E-state index contributed by atoms with van der Waals surface area (Å²) in [7, 11) is -1.59. The number of aryl methyl sites for hydroxylation is 1. The van der Waals surface area contributed by atoms with E-state index in [9.17, 15) is 22.3 Å². The zero-order valence-electron chi connectivity index (χ0n) is 13.8. The maximum Gasteiger partial charge on any atom is 0.433 e. The van der Waals surface area contributed by atoms with Crippen molar-refractivity contribution in [2.75, 3.05) is 11.5 Å². The lowest BCUT2D eigenvalue weighted by atomic mass is 10.3. The molecule has 0 aliphatic carbocycles. The fraction of sp³-hybridized carbons (Fsp3) is 0.267. The molecular formula is C15H16F3N5O2S. The lowest BCUT2D eigenvalue weighted by Crippen LogP contribution is -2.07. The highest BCUT2D eigenvalue weighted by atomic mass is 32.3. The number of pyridine rings is 2. The van der Waals surface area contributed by atoms with Gasteiger partial charge in [-0.3, -0.25) is 9.11 Å². The van der Waals surface area contributed by atoms with Crippen LogP contribution < -0.4 is 5.73 Å². The highest BCUT2D eigenvalue weighted by Crippen LogP contribution is 2.51. The third-order valence-corrected chi connectivity index (χ3v) is 5.72. The summed E-state index contributed by atoms with van der Waals surface area (Å²) < 4.78 is 60.8. The second-order valence-corrected chi connectivity index (χ2v) is 7.97. The Kier molecular flexibility index (Phi) is 4.33. The first kappa shape index (κ1) is 18.4. The SMILES string of the molecule is CCS(O)(O)c1cc(N)cnc1-c1nc2cc(C(F)(F)F)ncc2n1C. The van der Waals surface area contributed by atoms with Crippen molar-refractivity contribution >= 4 is 27.3 Å². The molecule has 4 N–H and O–H groups in total. The Morgan fingerprint density at radius 3 is 2.50 bits per heavy atom. The average Bonchev–Trinajstić information content (AvgIpc) is 2.90. The third-order valence-electron chi connectivity index (χ3n) is 3.90. The summed E-state index contributed by atoms with van der Waals surface area (Å²) in [4.78, 5) is 11.9. The highest BCUT2D eigenvalue weighted by molar-refractivity contribution is 8.24. The number of fused-ring (bicyclic) bond motifs is 1. The van der Waals surface area contributed by atoms with Crippen molar-refractivity contribution < 1.29 is 22.3 Å². The molecule has 3 aromatic rings. The first-order valence-electron chi connectivity index (χ1n) is 7.46. The monoisotopic (exact) mass is 387 g/mol. The number of alkyl halides is 3. The van der Waals surface area contributed by atoms with Crippen molar-refractivity contribution in [3.63, 3.8) is 0 Å². The van der Waals surface area contributed by atoms with Gasteiger partial charge < -0.3 is 10.3 Å². The average molecular weight is 387 g/mol. The van der Waals surface area contributed by atoms with Gasteiger partial charge in [0.1, 0.15) is 11.4 Å². The van der Waals surface area contributed by atoms with Crippen LogP contribution in [0.1, 0.15) is 12.6 Å². The molecule has 0 saturated heterocycles. The van der Waals surface area contributed by atoms with Gasteiger partial charge in [0, 0.05) is 12.8 Å². The number of rotatable bonds is 3. The molecule has 0 aliphatic rings. The molecule has 0 aliphatic heterocycles. The smallest absolute Gasteiger partial charge is 0.397 e. The van der Waals surface area contributed by atoms with E-state index < -0.39 is 22.5 Å². The molecule has 3 heterocycles. The number of hydrogen-bond donors (Lipinski definition) is 3. The van der Waals surface area contributed by atoms with E-state index in [1.54, 1.807) is 14.0 Å². The standard InChI is InChI=1S/C15H16F3N5O2S/c1-3-26(24,25)11-4-8(19)6-21-13(11)14-22-9-5-12(15(16,17)18)20-7-10(9)23(14)2/h4-7,24-25H,3,19H2,1-2H3. The molecule has 0 amide bonds.